The fraction of sp³-hybridized carbons (Fsp3) is 0.417. The number of carbonyl (C=O) groups excluding carboxylic acids is 1. The van der Waals surface area contributed by atoms with Crippen LogP contribution in [0.4, 0.5) is 0 Å². The van der Waals surface area contributed by atoms with Crippen molar-refractivity contribution in [2.45, 2.75) is 19.4 Å². The quantitative estimate of drug-likeness (QED) is 0.560. The van der Waals surface area contributed by atoms with E-state index in [2.05, 4.69) is 16.5 Å². The molecule has 2 aromatic rings. The molecule has 0 spiro atoms. The van der Waals surface area contributed by atoms with E-state index in [9.17, 15) is 4.79 Å². The third-order valence-corrected chi connectivity index (χ3v) is 3.38. The number of aldehydes is 1. The molecule has 1 unspecified atom stereocenters. The number of hydrogen-bond donors (Lipinski definition) is 0. The van der Waals surface area contributed by atoms with Crippen LogP contribution in [0, 0.1) is 5.92 Å². The van der Waals surface area contributed by atoms with Crippen LogP contribution in [0.25, 0.3) is 11.0 Å². The Hall–Kier alpha value is -1.71. The molecule has 1 saturated carbocycles. The highest BCUT2D eigenvalue weighted by molar-refractivity contribution is 5.92. The van der Waals surface area contributed by atoms with Gasteiger partial charge in [0.2, 0.25) is 0 Å². The normalized spacial score (nSPS) is 23.6. The molecule has 16 heavy (non-hydrogen) atoms. The molecular formula is C12H14N3O+. The van der Waals surface area contributed by atoms with Crippen LogP contribution >= 0.6 is 0 Å². The molecule has 2 heterocycles. The zero-order valence-corrected chi connectivity index (χ0v) is 9.42. The minimum atomic E-state index is 0.546. The monoisotopic (exact) mass is 216 g/mol. The molecule has 3 rings (SSSR count). The largest absolute Gasteiger partial charge is 0.333 e. The number of imidazole rings is 1. The van der Waals surface area contributed by atoms with Crippen molar-refractivity contribution < 1.29 is 9.36 Å². The van der Waals surface area contributed by atoms with E-state index >= 15 is 0 Å². The highest BCUT2D eigenvalue weighted by Crippen LogP contribution is 2.38. The summed E-state index contributed by atoms with van der Waals surface area (Å²) in [6.07, 6.45) is 7.83. The Morgan fingerprint density at radius 2 is 2.31 bits per heavy atom. The van der Waals surface area contributed by atoms with Crippen molar-refractivity contribution in [3.05, 3.63) is 24.3 Å². The summed E-state index contributed by atoms with van der Waals surface area (Å²) >= 11 is 0. The highest BCUT2D eigenvalue weighted by Gasteiger charge is 2.42. The smallest absolute Gasteiger partial charge is 0.197 e. The van der Waals surface area contributed by atoms with E-state index in [1.807, 2.05) is 24.0 Å². The van der Waals surface area contributed by atoms with Gasteiger partial charge in [0, 0.05) is 19.4 Å². The highest BCUT2D eigenvalue weighted by atomic mass is 16.1. The number of rotatable bonds is 2. The number of fused-ring (bicyclic) bond motifs is 1. The second-order valence-corrected chi connectivity index (χ2v) is 4.65. The second kappa shape index (κ2) is 3.14. The summed E-state index contributed by atoms with van der Waals surface area (Å²) in [5, 5.41) is 0. The third-order valence-electron chi connectivity index (χ3n) is 3.38. The Kier molecular flexibility index (Phi) is 1.87. The van der Waals surface area contributed by atoms with Crippen molar-refractivity contribution in [2.24, 2.45) is 13.0 Å². The molecule has 0 saturated heterocycles. The average molecular weight is 216 g/mol. The molecule has 82 valence electrons. The first-order valence-corrected chi connectivity index (χ1v) is 5.51. The van der Waals surface area contributed by atoms with Gasteiger partial charge in [-0.1, -0.05) is 6.92 Å². The SMILES string of the molecule is CC1C[C@@H]1[n+]1cc(C=O)c2c(c1)ncn2C. The molecule has 2 aromatic heterocycles. The first-order valence-electron chi connectivity index (χ1n) is 5.51. The first kappa shape index (κ1) is 9.51. The first-order chi connectivity index (χ1) is 7.70. The average Bonchev–Trinajstić information content (AvgIpc) is 2.90. The van der Waals surface area contributed by atoms with Crippen LogP contribution in [-0.4, -0.2) is 15.8 Å². The molecule has 0 aromatic carbocycles. The van der Waals surface area contributed by atoms with Gasteiger partial charge >= 0.3 is 0 Å². The lowest BCUT2D eigenvalue weighted by molar-refractivity contribution is -0.702. The second-order valence-electron chi connectivity index (χ2n) is 4.65. The lowest BCUT2D eigenvalue weighted by Gasteiger charge is -1.99. The molecule has 4 nitrogen and oxygen atoms in total. The van der Waals surface area contributed by atoms with E-state index in [0.29, 0.717) is 12.0 Å². The Morgan fingerprint density at radius 3 is 2.94 bits per heavy atom. The topological polar surface area (TPSA) is 38.8 Å². The van der Waals surface area contributed by atoms with E-state index in [1.54, 1.807) is 6.33 Å². The van der Waals surface area contributed by atoms with Crippen molar-refractivity contribution in [3.8, 4) is 0 Å². The van der Waals surface area contributed by atoms with Gasteiger partial charge in [0.15, 0.2) is 30.2 Å². The summed E-state index contributed by atoms with van der Waals surface area (Å²) in [6, 6.07) is 0.546. The zero-order valence-electron chi connectivity index (χ0n) is 9.42. The maximum atomic E-state index is 11.1. The molecule has 0 radical (unpaired) electrons. The zero-order chi connectivity index (χ0) is 11.3. The van der Waals surface area contributed by atoms with Gasteiger partial charge in [0.25, 0.3) is 0 Å². The van der Waals surface area contributed by atoms with Crippen LogP contribution in [0.2, 0.25) is 0 Å². The summed E-state index contributed by atoms with van der Waals surface area (Å²) in [5.41, 5.74) is 2.53. The summed E-state index contributed by atoms with van der Waals surface area (Å²) < 4.78 is 4.02. The van der Waals surface area contributed by atoms with Gasteiger partial charge in [-0.05, 0) is 0 Å². The molecule has 1 aliphatic carbocycles. The van der Waals surface area contributed by atoms with Crippen LogP contribution < -0.4 is 4.57 Å². The summed E-state index contributed by atoms with van der Waals surface area (Å²) in [7, 11) is 1.91. The standard InChI is InChI=1S/C12H14N3O/c1-8-3-11(8)15-4-9(6-16)12-10(5-15)13-7-14(12)2/h4-8,11H,3H2,1-2H3/q+1/t8?,11-/m0/s1. The predicted octanol–water partition coefficient (Wildman–Crippen LogP) is 1.25. The van der Waals surface area contributed by atoms with Crippen molar-refractivity contribution in [1.82, 2.24) is 9.55 Å². The third kappa shape index (κ3) is 1.26. The van der Waals surface area contributed by atoms with Crippen LogP contribution in [-0.2, 0) is 7.05 Å². The Bertz CT molecular complexity index is 573. The number of aromatic nitrogens is 3. The fourth-order valence-electron chi connectivity index (χ4n) is 2.29. The number of nitrogens with zero attached hydrogens (tertiary/aromatic N) is 3. The lowest BCUT2D eigenvalue weighted by atomic mass is 10.2. The number of hydrogen-bond acceptors (Lipinski definition) is 2. The number of carbonyl (C=O) groups is 1. The lowest BCUT2D eigenvalue weighted by Crippen LogP contribution is -2.33. The number of aryl methyl sites for hydroxylation is 1. The van der Waals surface area contributed by atoms with Crippen LogP contribution in [0.1, 0.15) is 29.7 Å². The summed E-state index contributed by atoms with van der Waals surface area (Å²) in [5.74, 6) is 0.714. The predicted molar refractivity (Wildman–Crippen MR) is 59.1 cm³/mol. The summed E-state index contributed by atoms with van der Waals surface area (Å²) in [4.78, 5) is 15.4. The molecule has 0 bridgehead atoms. The van der Waals surface area contributed by atoms with Crippen LogP contribution in [0.3, 0.4) is 0 Å². The van der Waals surface area contributed by atoms with Crippen molar-refractivity contribution in [1.29, 1.82) is 0 Å². The maximum Gasteiger partial charge on any atom is 0.197 e. The minimum absolute atomic E-state index is 0.546. The van der Waals surface area contributed by atoms with Gasteiger partial charge in [-0.25, -0.2) is 4.98 Å². The van der Waals surface area contributed by atoms with Gasteiger partial charge in [0.1, 0.15) is 5.56 Å². The van der Waals surface area contributed by atoms with Crippen molar-refractivity contribution in [2.75, 3.05) is 0 Å². The molecular weight excluding hydrogens is 202 g/mol. The van der Waals surface area contributed by atoms with E-state index < -0.39 is 0 Å². The van der Waals surface area contributed by atoms with Gasteiger partial charge in [-0.15, -0.1) is 0 Å². The molecule has 1 fully saturated rings. The van der Waals surface area contributed by atoms with E-state index in [-0.39, 0.29) is 0 Å². The summed E-state index contributed by atoms with van der Waals surface area (Å²) in [6.45, 7) is 2.22. The van der Waals surface area contributed by atoms with Crippen molar-refractivity contribution >= 4 is 17.3 Å². The molecule has 0 aliphatic heterocycles. The Balaban J connectivity index is 2.23. The van der Waals surface area contributed by atoms with Crippen LogP contribution in [0.5, 0.6) is 0 Å². The number of pyridine rings is 1. The Morgan fingerprint density at radius 1 is 1.56 bits per heavy atom. The van der Waals surface area contributed by atoms with Crippen LogP contribution in [0.15, 0.2) is 18.7 Å². The van der Waals surface area contributed by atoms with Gasteiger partial charge < -0.3 is 4.57 Å². The molecule has 1 aliphatic rings. The van der Waals surface area contributed by atoms with Gasteiger partial charge in [-0.3, -0.25) is 4.79 Å². The van der Waals surface area contributed by atoms with E-state index in [1.165, 1.54) is 6.42 Å². The van der Waals surface area contributed by atoms with E-state index in [0.717, 1.165) is 22.9 Å². The minimum Gasteiger partial charge on any atom is -0.333 e. The van der Waals surface area contributed by atoms with Gasteiger partial charge in [-0.2, -0.15) is 4.57 Å². The van der Waals surface area contributed by atoms with E-state index in [4.69, 9.17) is 0 Å². The van der Waals surface area contributed by atoms with Crippen molar-refractivity contribution in [3.63, 3.8) is 0 Å². The molecule has 4 heteroatoms. The Labute approximate surface area is 93.5 Å². The molecule has 2 atom stereocenters. The maximum absolute atomic E-state index is 11.1. The fourth-order valence-corrected chi connectivity index (χ4v) is 2.29. The van der Waals surface area contributed by atoms with Gasteiger partial charge in [0.05, 0.1) is 11.8 Å². The molecule has 0 N–H and O–H groups in total. The molecule has 0 amide bonds.